The molecule has 26 heavy (non-hydrogen) atoms. The summed E-state index contributed by atoms with van der Waals surface area (Å²) in [5, 5.41) is 18.7. The molecule has 0 saturated carbocycles. The number of aromatic nitrogens is 2. The third kappa shape index (κ3) is 3.38. The van der Waals surface area contributed by atoms with Gasteiger partial charge < -0.3 is 19.8 Å². The van der Waals surface area contributed by atoms with Crippen LogP contribution in [-0.4, -0.2) is 64.0 Å². The number of ether oxygens (including phenoxy) is 1. The molecule has 1 aromatic carbocycles. The molecule has 1 spiro atoms. The average Bonchev–Trinajstić information content (AvgIpc) is 2.70. The smallest absolute Gasteiger partial charge is 0.159 e. The van der Waals surface area contributed by atoms with Crippen molar-refractivity contribution < 1.29 is 14.9 Å². The molecule has 2 aliphatic rings. The van der Waals surface area contributed by atoms with E-state index in [1.54, 1.807) is 0 Å². The van der Waals surface area contributed by atoms with Crippen LogP contribution in [-0.2, 0) is 16.8 Å². The van der Waals surface area contributed by atoms with Crippen molar-refractivity contribution in [1.29, 1.82) is 0 Å². The monoisotopic (exact) mass is 355 g/mol. The van der Waals surface area contributed by atoms with Crippen molar-refractivity contribution in [2.45, 2.75) is 31.0 Å². The number of piperidine rings is 1. The van der Waals surface area contributed by atoms with Crippen LogP contribution in [0.4, 0.5) is 0 Å². The van der Waals surface area contributed by atoms with E-state index in [9.17, 15) is 5.11 Å². The molecule has 0 bridgehead atoms. The van der Waals surface area contributed by atoms with Crippen LogP contribution < -0.4 is 0 Å². The van der Waals surface area contributed by atoms with E-state index in [1.165, 1.54) is 5.56 Å². The van der Waals surface area contributed by atoms with Crippen LogP contribution in [0.1, 0.15) is 24.1 Å². The molecular weight excluding hydrogens is 330 g/mol. The van der Waals surface area contributed by atoms with E-state index in [1.807, 2.05) is 36.5 Å². The number of benzene rings is 1. The van der Waals surface area contributed by atoms with Crippen molar-refractivity contribution in [2.75, 3.05) is 32.8 Å². The largest absolute Gasteiger partial charge is 0.394 e. The van der Waals surface area contributed by atoms with Crippen molar-refractivity contribution in [1.82, 2.24) is 14.9 Å². The summed E-state index contributed by atoms with van der Waals surface area (Å²) in [4.78, 5) is 11.7. The minimum Gasteiger partial charge on any atom is -0.394 e. The lowest BCUT2D eigenvalue weighted by Crippen LogP contribution is -2.49. The average molecular weight is 355 g/mol. The predicted molar refractivity (Wildman–Crippen MR) is 97.6 cm³/mol. The molecule has 0 aliphatic carbocycles. The predicted octanol–water partition coefficient (Wildman–Crippen LogP) is 1.36. The first kappa shape index (κ1) is 17.5. The Morgan fingerprint density at radius 3 is 2.69 bits per heavy atom. The second-order valence-corrected chi connectivity index (χ2v) is 7.16. The Morgan fingerprint density at radius 1 is 1.19 bits per heavy atom. The summed E-state index contributed by atoms with van der Waals surface area (Å²) in [6.07, 6.45) is 3.79. The van der Waals surface area contributed by atoms with Crippen molar-refractivity contribution in [3.63, 3.8) is 0 Å². The first-order valence-corrected chi connectivity index (χ1v) is 9.27. The van der Waals surface area contributed by atoms with E-state index in [-0.39, 0.29) is 12.2 Å². The van der Waals surface area contributed by atoms with Crippen molar-refractivity contribution in [3.05, 3.63) is 47.8 Å². The van der Waals surface area contributed by atoms with Gasteiger partial charge in [-0.3, -0.25) is 0 Å². The molecular formula is C20H25N3O3. The Bertz CT molecular complexity index is 745. The fraction of sp³-hybridized carbons (Fsp3) is 0.500. The molecule has 6 nitrogen and oxygen atoms in total. The molecule has 1 aromatic heterocycles. The van der Waals surface area contributed by atoms with Gasteiger partial charge in [-0.1, -0.05) is 30.3 Å². The summed E-state index contributed by atoms with van der Waals surface area (Å²) in [5.74, 6) is 0.743. The molecule has 2 N–H and O–H groups in total. The number of aliphatic hydroxyl groups excluding tert-OH is 2. The number of fused-ring (bicyclic) bond motifs is 2. The van der Waals surface area contributed by atoms with Gasteiger partial charge in [0, 0.05) is 31.4 Å². The zero-order valence-corrected chi connectivity index (χ0v) is 14.8. The zero-order valence-electron chi connectivity index (χ0n) is 14.8. The first-order chi connectivity index (χ1) is 12.7. The van der Waals surface area contributed by atoms with Crippen LogP contribution in [0.5, 0.6) is 0 Å². The second-order valence-electron chi connectivity index (χ2n) is 7.16. The van der Waals surface area contributed by atoms with E-state index in [2.05, 4.69) is 9.88 Å². The quantitative estimate of drug-likeness (QED) is 0.862. The lowest BCUT2D eigenvalue weighted by Gasteiger charge is -2.44. The lowest BCUT2D eigenvalue weighted by atomic mass is 9.83. The lowest BCUT2D eigenvalue weighted by molar-refractivity contribution is -0.105. The number of aliphatic hydroxyl groups is 2. The molecule has 1 fully saturated rings. The third-order valence-electron chi connectivity index (χ3n) is 5.42. The first-order valence-electron chi connectivity index (χ1n) is 9.27. The Hall–Kier alpha value is -1.86. The summed E-state index contributed by atoms with van der Waals surface area (Å²) in [5.41, 5.74) is 2.86. The third-order valence-corrected chi connectivity index (χ3v) is 5.42. The van der Waals surface area contributed by atoms with Gasteiger partial charge in [0.2, 0.25) is 0 Å². The van der Waals surface area contributed by atoms with Gasteiger partial charge in [0.15, 0.2) is 5.82 Å². The van der Waals surface area contributed by atoms with Gasteiger partial charge in [0.05, 0.1) is 25.0 Å². The van der Waals surface area contributed by atoms with E-state index in [4.69, 9.17) is 14.8 Å². The number of hydrogen-bond acceptors (Lipinski definition) is 6. The van der Waals surface area contributed by atoms with E-state index >= 15 is 0 Å². The number of β-amino-alcohol motifs (C(OH)–C–C–N with tert-alkyl or cyclic N) is 1. The van der Waals surface area contributed by atoms with Crippen LogP contribution in [0.15, 0.2) is 36.5 Å². The Kier molecular flexibility index (Phi) is 5.00. The van der Waals surface area contributed by atoms with Gasteiger partial charge in [-0.15, -0.1) is 0 Å². The molecule has 1 saturated heterocycles. The summed E-state index contributed by atoms with van der Waals surface area (Å²) in [6.45, 7) is 2.63. The highest BCUT2D eigenvalue weighted by atomic mass is 16.5. The van der Waals surface area contributed by atoms with Gasteiger partial charge in [-0.05, 0) is 24.8 Å². The Balaban J connectivity index is 1.59. The van der Waals surface area contributed by atoms with Crippen molar-refractivity contribution in [3.8, 4) is 11.4 Å². The highest BCUT2D eigenvalue weighted by Gasteiger charge is 2.42. The van der Waals surface area contributed by atoms with Gasteiger partial charge >= 0.3 is 0 Å². The number of hydrogen-bond donors (Lipinski definition) is 2. The summed E-state index contributed by atoms with van der Waals surface area (Å²) in [7, 11) is 0. The second kappa shape index (κ2) is 7.40. The number of likely N-dealkylation sites (tertiary alicyclic amines) is 1. The molecule has 4 rings (SSSR count). The molecule has 1 unspecified atom stereocenters. The standard InChI is InChI=1S/C20H25N3O3/c24-14-17(25)13-23-9-7-20(8-10-23)18-16(6-11-26-20)12-21-19(22-18)15-4-2-1-3-5-15/h1-5,12,17,24-25H,6-11,13-14H2. The van der Waals surface area contributed by atoms with Gasteiger partial charge in [-0.2, -0.15) is 0 Å². The minimum atomic E-state index is -0.685. The van der Waals surface area contributed by atoms with Crippen LogP contribution in [0.3, 0.4) is 0 Å². The molecule has 0 amide bonds. The van der Waals surface area contributed by atoms with Crippen LogP contribution in [0, 0.1) is 0 Å². The SMILES string of the molecule is OCC(O)CN1CCC2(CC1)OCCc1cnc(-c3ccccc3)nc12. The van der Waals surface area contributed by atoms with E-state index in [0.29, 0.717) is 13.2 Å². The topological polar surface area (TPSA) is 78.7 Å². The number of rotatable bonds is 4. The van der Waals surface area contributed by atoms with Gasteiger partial charge in [0.1, 0.15) is 5.60 Å². The molecule has 2 aromatic rings. The molecule has 138 valence electrons. The molecule has 6 heteroatoms. The maximum atomic E-state index is 9.69. The summed E-state index contributed by atoms with van der Waals surface area (Å²) >= 11 is 0. The molecule has 2 aliphatic heterocycles. The van der Waals surface area contributed by atoms with E-state index in [0.717, 1.165) is 49.4 Å². The maximum absolute atomic E-state index is 9.69. The van der Waals surface area contributed by atoms with Gasteiger partial charge in [0.25, 0.3) is 0 Å². The Labute approximate surface area is 153 Å². The highest BCUT2D eigenvalue weighted by Crippen LogP contribution is 2.40. The van der Waals surface area contributed by atoms with Gasteiger partial charge in [-0.25, -0.2) is 9.97 Å². The minimum absolute atomic E-state index is 0.200. The Morgan fingerprint density at radius 2 is 1.96 bits per heavy atom. The molecule has 1 atom stereocenters. The fourth-order valence-electron chi connectivity index (χ4n) is 3.97. The van der Waals surface area contributed by atoms with Crippen LogP contribution >= 0.6 is 0 Å². The highest BCUT2D eigenvalue weighted by molar-refractivity contribution is 5.55. The van der Waals surface area contributed by atoms with Crippen molar-refractivity contribution >= 4 is 0 Å². The normalized spacial score (nSPS) is 20.7. The van der Waals surface area contributed by atoms with E-state index < -0.39 is 6.10 Å². The summed E-state index contributed by atoms with van der Waals surface area (Å²) < 4.78 is 6.27. The molecule has 3 heterocycles. The maximum Gasteiger partial charge on any atom is 0.159 e. The summed E-state index contributed by atoms with van der Waals surface area (Å²) in [6, 6.07) is 10.0. The van der Waals surface area contributed by atoms with Crippen molar-refractivity contribution in [2.24, 2.45) is 0 Å². The number of nitrogens with zero attached hydrogens (tertiary/aromatic N) is 3. The fourth-order valence-corrected chi connectivity index (χ4v) is 3.97. The van der Waals surface area contributed by atoms with Crippen LogP contribution in [0.2, 0.25) is 0 Å². The van der Waals surface area contributed by atoms with Crippen LogP contribution in [0.25, 0.3) is 11.4 Å². The molecule has 0 radical (unpaired) electrons. The zero-order chi connectivity index (χ0) is 18.0.